The zero-order valence-electron chi connectivity index (χ0n) is 10.9. The lowest BCUT2D eigenvalue weighted by molar-refractivity contribution is 0.255. The molecule has 2 heterocycles. The highest BCUT2D eigenvalue weighted by Crippen LogP contribution is 2.27. The Hall–Kier alpha value is -1.60. The van der Waals surface area contributed by atoms with Gasteiger partial charge in [-0.15, -0.1) is 0 Å². The molecular formula is C15H18FN3. The van der Waals surface area contributed by atoms with Gasteiger partial charge in [0.1, 0.15) is 5.82 Å². The number of hydrogen-bond acceptors (Lipinski definition) is 3. The number of nitriles is 1. The molecule has 0 aliphatic carbocycles. The lowest BCUT2D eigenvalue weighted by atomic mass is 10.1. The van der Waals surface area contributed by atoms with Crippen molar-refractivity contribution in [3.8, 4) is 6.07 Å². The molecule has 0 spiro atoms. The number of rotatable bonds is 2. The average molecular weight is 259 g/mol. The molecule has 2 aliphatic heterocycles. The van der Waals surface area contributed by atoms with Gasteiger partial charge in [0.25, 0.3) is 0 Å². The quantitative estimate of drug-likeness (QED) is 0.816. The van der Waals surface area contributed by atoms with Gasteiger partial charge in [0.15, 0.2) is 0 Å². The Bertz CT molecular complexity index is 496. The summed E-state index contributed by atoms with van der Waals surface area (Å²) in [6, 6.07) is 9.69. The van der Waals surface area contributed by atoms with Gasteiger partial charge in [-0.05, 0) is 37.6 Å². The normalized spacial score (nSPS) is 27.7. The van der Waals surface area contributed by atoms with E-state index in [1.807, 2.05) is 6.07 Å². The summed E-state index contributed by atoms with van der Waals surface area (Å²) in [6.07, 6.45) is 2.10. The molecule has 2 aliphatic rings. The number of likely N-dealkylation sites (tertiary alicyclic amines) is 1. The Kier molecular flexibility index (Phi) is 3.39. The van der Waals surface area contributed by atoms with Crippen LogP contribution in [-0.4, -0.2) is 37.1 Å². The molecule has 0 saturated carbocycles. The van der Waals surface area contributed by atoms with Crippen LogP contribution in [0.3, 0.4) is 0 Å². The van der Waals surface area contributed by atoms with Gasteiger partial charge in [-0.1, -0.05) is 6.07 Å². The van der Waals surface area contributed by atoms with Crippen LogP contribution in [0.25, 0.3) is 0 Å². The molecule has 0 bridgehead atoms. The van der Waals surface area contributed by atoms with E-state index >= 15 is 0 Å². The topological polar surface area (TPSA) is 30.3 Å². The van der Waals surface area contributed by atoms with Crippen LogP contribution in [0.4, 0.5) is 10.1 Å². The highest BCUT2D eigenvalue weighted by molar-refractivity contribution is 5.47. The number of anilines is 1. The molecule has 19 heavy (non-hydrogen) atoms. The Morgan fingerprint density at radius 1 is 1.21 bits per heavy atom. The second-order valence-corrected chi connectivity index (χ2v) is 5.48. The second-order valence-electron chi connectivity index (χ2n) is 5.48. The summed E-state index contributed by atoms with van der Waals surface area (Å²) >= 11 is 0. The Morgan fingerprint density at radius 2 is 2.11 bits per heavy atom. The number of halogens is 1. The molecule has 0 radical (unpaired) electrons. The summed E-state index contributed by atoms with van der Waals surface area (Å²) in [4.78, 5) is 4.67. The first-order chi connectivity index (χ1) is 9.26. The minimum atomic E-state index is -0.174. The Morgan fingerprint density at radius 3 is 2.84 bits per heavy atom. The maximum absolute atomic E-state index is 13.2. The van der Waals surface area contributed by atoms with E-state index in [9.17, 15) is 4.39 Å². The van der Waals surface area contributed by atoms with Gasteiger partial charge in [0, 0.05) is 31.4 Å². The fourth-order valence-electron chi connectivity index (χ4n) is 3.17. The first-order valence-electron chi connectivity index (χ1n) is 6.90. The van der Waals surface area contributed by atoms with E-state index in [0.29, 0.717) is 6.04 Å². The van der Waals surface area contributed by atoms with E-state index in [2.05, 4.69) is 15.9 Å². The van der Waals surface area contributed by atoms with Crippen molar-refractivity contribution in [1.29, 1.82) is 5.26 Å². The molecule has 2 saturated heterocycles. The van der Waals surface area contributed by atoms with Crippen molar-refractivity contribution in [3.63, 3.8) is 0 Å². The molecule has 100 valence electrons. The van der Waals surface area contributed by atoms with E-state index in [1.165, 1.54) is 6.07 Å². The number of nitrogens with zero attached hydrogens (tertiary/aromatic N) is 3. The summed E-state index contributed by atoms with van der Waals surface area (Å²) in [5, 5.41) is 8.96. The number of benzene rings is 1. The van der Waals surface area contributed by atoms with Gasteiger partial charge in [0.05, 0.1) is 12.0 Å². The van der Waals surface area contributed by atoms with Crippen LogP contribution in [0.2, 0.25) is 0 Å². The van der Waals surface area contributed by atoms with E-state index in [0.717, 1.165) is 44.7 Å². The predicted molar refractivity (Wildman–Crippen MR) is 72.3 cm³/mol. The van der Waals surface area contributed by atoms with Crippen LogP contribution in [0.5, 0.6) is 0 Å². The van der Waals surface area contributed by atoms with Crippen molar-refractivity contribution in [2.75, 3.05) is 31.1 Å². The molecule has 3 rings (SSSR count). The first-order valence-corrected chi connectivity index (χ1v) is 6.90. The highest BCUT2D eigenvalue weighted by Gasteiger charge is 2.32. The molecule has 3 nitrogen and oxygen atoms in total. The van der Waals surface area contributed by atoms with Crippen molar-refractivity contribution < 1.29 is 4.39 Å². The molecule has 4 heteroatoms. The SMILES string of the molecule is N#CC1CCN(C2CCN(c3cccc(F)c3)C2)C1. The van der Waals surface area contributed by atoms with Crippen molar-refractivity contribution in [2.45, 2.75) is 18.9 Å². The van der Waals surface area contributed by atoms with Crippen LogP contribution >= 0.6 is 0 Å². The average Bonchev–Trinajstić information content (AvgIpc) is 3.07. The van der Waals surface area contributed by atoms with E-state index in [4.69, 9.17) is 5.26 Å². The third kappa shape index (κ3) is 2.57. The maximum Gasteiger partial charge on any atom is 0.125 e. The Balaban J connectivity index is 1.63. The van der Waals surface area contributed by atoms with Crippen LogP contribution in [0.1, 0.15) is 12.8 Å². The third-order valence-electron chi connectivity index (χ3n) is 4.26. The fraction of sp³-hybridized carbons (Fsp3) is 0.533. The smallest absolute Gasteiger partial charge is 0.125 e. The van der Waals surface area contributed by atoms with E-state index in [-0.39, 0.29) is 11.7 Å². The van der Waals surface area contributed by atoms with Crippen molar-refractivity contribution >= 4 is 5.69 Å². The van der Waals surface area contributed by atoms with Crippen molar-refractivity contribution in [2.24, 2.45) is 5.92 Å². The van der Waals surface area contributed by atoms with Gasteiger partial charge < -0.3 is 4.90 Å². The van der Waals surface area contributed by atoms with Crippen LogP contribution in [0, 0.1) is 23.1 Å². The monoisotopic (exact) mass is 259 g/mol. The zero-order chi connectivity index (χ0) is 13.2. The molecule has 0 N–H and O–H groups in total. The molecule has 1 aromatic rings. The van der Waals surface area contributed by atoms with Gasteiger partial charge in [-0.25, -0.2) is 4.39 Å². The summed E-state index contributed by atoms with van der Waals surface area (Å²) in [5.41, 5.74) is 0.971. The molecule has 1 aromatic carbocycles. The Labute approximate surface area is 113 Å². The second kappa shape index (κ2) is 5.18. The van der Waals surface area contributed by atoms with Gasteiger partial charge in [-0.3, -0.25) is 4.90 Å². The predicted octanol–water partition coefficient (Wildman–Crippen LogP) is 2.25. The molecule has 0 aromatic heterocycles. The molecule has 0 amide bonds. The summed E-state index contributed by atoms with van der Waals surface area (Å²) in [6.45, 7) is 3.85. The minimum absolute atomic E-state index is 0.174. The number of hydrogen-bond donors (Lipinski definition) is 0. The molecule has 2 fully saturated rings. The fourth-order valence-corrected chi connectivity index (χ4v) is 3.17. The summed E-state index contributed by atoms with van der Waals surface area (Å²) in [7, 11) is 0. The molecule has 2 unspecified atom stereocenters. The lowest BCUT2D eigenvalue weighted by Crippen LogP contribution is -2.35. The van der Waals surface area contributed by atoms with Crippen molar-refractivity contribution in [3.05, 3.63) is 30.1 Å². The lowest BCUT2D eigenvalue weighted by Gasteiger charge is -2.24. The van der Waals surface area contributed by atoms with Gasteiger partial charge >= 0.3 is 0 Å². The highest BCUT2D eigenvalue weighted by atomic mass is 19.1. The minimum Gasteiger partial charge on any atom is -0.370 e. The van der Waals surface area contributed by atoms with Gasteiger partial charge in [0.2, 0.25) is 0 Å². The summed E-state index contributed by atoms with van der Waals surface area (Å²) < 4.78 is 13.2. The molecular weight excluding hydrogens is 241 g/mol. The van der Waals surface area contributed by atoms with Crippen LogP contribution in [-0.2, 0) is 0 Å². The van der Waals surface area contributed by atoms with Gasteiger partial charge in [-0.2, -0.15) is 5.26 Å². The first kappa shape index (κ1) is 12.4. The largest absolute Gasteiger partial charge is 0.370 e. The van der Waals surface area contributed by atoms with Crippen LogP contribution < -0.4 is 4.90 Å². The zero-order valence-corrected chi connectivity index (χ0v) is 10.9. The third-order valence-corrected chi connectivity index (χ3v) is 4.26. The molecule has 2 atom stereocenters. The standard InChI is InChI=1S/C15H18FN3/c16-13-2-1-3-14(8-13)19-7-5-15(11-19)18-6-4-12(9-17)10-18/h1-3,8,12,15H,4-7,10-11H2. The van der Waals surface area contributed by atoms with E-state index in [1.54, 1.807) is 12.1 Å². The van der Waals surface area contributed by atoms with Crippen LogP contribution in [0.15, 0.2) is 24.3 Å². The van der Waals surface area contributed by atoms with Crippen molar-refractivity contribution in [1.82, 2.24) is 4.90 Å². The maximum atomic E-state index is 13.2. The summed E-state index contributed by atoms with van der Waals surface area (Å²) in [5.74, 6) is 0.0230. The van der Waals surface area contributed by atoms with E-state index < -0.39 is 0 Å².